The molecule has 0 atom stereocenters. The first-order valence-electron chi connectivity index (χ1n) is 3.76. The van der Waals surface area contributed by atoms with Crippen molar-refractivity contribution in [2.75, 3.05) is 11.5 Å². The fourth-order valence-electron chi connectivity index (χ4n) is 0.727. The Labute approximate surface area is 70.8 Å². The maximum absolute atomic E-state index is 5.58. The lowest BCUT2D eigenvalue weighted by Gasteiger charge is -1.96. The summed E-state index contributed by atoms with van der Waals surface area (Å²) in [6.07, 6.45) is 4.23. The van der Waals surface area contributed by atoms with E-state index in [1.807, 2.05) is 0 Å². The van der Waals surface area contributed by atoms with E-state index in [9.17, 15) is 0 Å². The number of nitrogens with zero attached hydrogens (tertiary/aromatic N) is 1. The molecule has 1 aromatic heterocycles. The number of hydrogen-bond donors (Lipinski definition) is 2. The number of thioether (sulfide) groups is 1. The Kier molecular flexibility index (Phi) is 3.29. The zero-order valence-electron chi connectivity index (χ0n) is 6.63. The third-order valence-electron chi connectivity index (χ3n) is 1.39. The van der Waals surface area contributed by atoms with Crippen molar-refractivity contribution < 1.29 is 0 Å². The number of aromatic amines is 1. The molecule has 1 rings (SSSR count). The predicted molar refractivity (Wildman–Crippen MR) is 48.6 cm³/mol. The molecule has 0 saturated heterocycles. The molecule has 1 aromatic rings. The van der Waals surface area contributed by atoms with Gasteiger partial charge in [-0.05, 0) is 12.2 Å². The molecule has 62 valence electrons. The maximum Gasteiger partial charge on any atom is 0.132 e. The van der Waals surface area contributed by atoms with Gasteiger partial charge in [-0.3, -0.25) is 5.10 Å². The molecule has 0 spiro atoms. The van der Waals surface area contributed by atoms with Crippen molar-refractivity contribution in [1.29, 1.82) is 0 Å². The first-order chi connectivity index (χ1) is 5.34. The Bertz CT molecular complexity index is 209. The Balaban J connectivity index is 2.32. The van der Waals surface area contributed by atoms with Crippen LogP contribution in [0.3, 0.4) is 0 Å². The van der Waals surface area contributed by atoms with Gasteiger partial charge < -0.3 is 5.73 Å². The quantitative estimate of drug-likeness (QED) is 0.537. The topological polar surface area (TPSA) is 54.7 Å². The number of nitrogens with one attached hydrogen (secondary N) is 1. The van der Waals surface area contributed by atoms with Crippen molar-refractivity contribution in [2.24, 2.45) is 0 Å². The van der Waals surface area contributed by atoms with Crippen LogP contribution in [0.15, 0.2) is 11.1 Å². The first kappa shape index (κ1) is 8.46. The SMILES string of the molecule is CCCCSc1cn[nH]c1N. The monoisotopic (exact) mass is 171 g/mol. The van der Waals surface area contributed by atoms with Crippen LogP contribution in [0.4, 0.5) is 5.82 Å². The zero-order valence-corrected chi connectivity index (χ0v) is 7.45. The molecule has 11 heavy (non-hydrogen) atoms. The number of nitrogens with two attached hydrogens (primary N) is 1. The smallest absolute Gasteiger partial charge is 0.132 e. The van der Waals surface area contributed by atoms with E-state index in [1.54, 1.807) is 18.0 Å². The lowest BCUT2D eigenvalue weighted by Crippen LogP contribution is -1.86. The third-order valence-corrected chi connectivity index (χ3v) is 2.52. The molecule has 4 heteroatoms. The molecule has 0 aliphatic heterocycles. The second kappa shape index (κ2) is 4.28. The number of anilines is 1. The molecule has 3 nitrogen and oxygen atoms in total. The van der Waals surface area contributed by atoms with Gasteiger partial charge in [0.2, 0.25) is 0 Å². The van der Waals surface area contributed by atoms with E-state index in [0.717, 1.165) is 10.6 Å². The number of aromatic nitrogens is 2. The molecule has 0 aliphatic carbocycles. The molecule has 0 unspecified atom stereocenters. The Hall–Kier alpha value is -0.640. The molecular formula is C7H13N3S. The summed E-state index contributed by atoms with van der Waals surface area (Å²) in [7, 11) is 0. The van der Waals surface area contributed by atoms with E-state index >= 15 is 0 Å². The van der Waals surface area contributed by atoms with Crippen molar-refractivity contribution in [1.82, 2.24) is 10.2 Å². The molecule has 3 N–H and O–H groups in total. The van der Waals surface area contributed by atoms with Crippen molar-refractivity contribution >= 4 is 17.6 Å². The third kappa shape index (κ3) is 2.46. The van der Waals surface area contributed by atoms with Crippen LogP contribution in [0, 0.1) is 0 Å². The van der Waals surface area contributed by atoms with Crippen molar-refractivity contribution in [3.63, 3.8) is 0 Å². The molecule has 0 aromatic carbocycles. The average Bonchev–Trinajstić information content (AvgIpc) is 2.37. The molecule has 0 radical (unpaired) electrons. The Morgan fingerprint density at radius 2 is 2.55 bits per heavy atom. The number of unbranched alkanes of at least 4 members (excludes halogenated alkanes) is 1. The summed E-state index contributed by atoms with van der Waals surface area (Å²) in [5, 5.41) is 6.53. The predicted octanol–water partition coefficient (Wildman–Crippen LogP) is 1.88. The van der Waals surface area contributed by atoms with E-state index in [2.05, 4.69) is 17.1 Å². The minimum atomic E-state index is 0.686. The van der Waals surface area contributed by atoms with Crippen LogP contribution in [-0.4, -0.2) is 16.0 Å². The zero-order chi connectivity index (χ0) is 8.10. The van der Waals surface area contributed by atoms with E-state index in [4.69, 9.17) is 5.73 Å². The number of nitrogen functional groups attached to an aromatic ring is 1. The number of H-pyrrole nitrogens is 1. The van der Waals surface area contributed by atoms with Crippen LogP contribution in [0.2, 0.25) is 0 Å². The lowest BCUT2D eigenvalue weighted by molar-refractivity contribution is 0.896. The fourth-order valence-corrected chi connectivity index (χ4v) is 1.71. The van der Waals surface area contributed by atoms with Gasteiger partial charge in [0.05, 0.1) is 11.1 Å². The highest BCUT2D eigenvalue weighted by atomic mass is 32.2. The van der Waals surface area contributed by atoms with Crippen LogP contribution < -0.4 is 5.73 Å². The second-order valence-electron chi connectivity index (χ2n) is 2.35. The lowest BCUT2D eigenvalue weighted by atomic mass is 10.4. The second-order valence-corrected chi connectivity index (χ2v) is 3.49. The van der Waals surface area contributed by atoms with Crippen molar-refractivity contribution in [3.8, 4) is 0 Å². The number of rotatable bonds is 4. The fraction of sp³-hybridized carbons (Fsp3) is 0.571. The highest BCUT2D eigenvalue weighted by Crippen LogP contribution is 2.22. The molecule has 0 saturated carbocycles. The summed E-state index contributed by atoms with van der Waals surface area (Å²) in [5.41, 5.74) is 5.58. The maximum atomic E-state index is 5.58. The van der Waals surface area contributed by atoms with Crippen molar-refractivity contribution in [2.45, 2.75) is 24.7 Å². The first-order valence-corrected chi connectivity index (χ1v) is 4.74. The highest BCUT2D eigenvalue weighted by Gasteiger charge is 1.99. The van der Waals surface area contributed by atoms with Crippen LogP contribution in [0.5, 0.6) is 0 Å². The van der Waals surface area contributed by atoms with Crippen LogP contribution in [0.1, 0.15) is 19.8 Å². The van der Waals surface area contributed by atoms with E-state index in [1.165, 1.54) is 12.8 Å². The molecule has 0 bridgehead atoms. The van der Waals surface area contributed by atoms with Gasteiger partial charge in [0.15, 0.2) is 0 Å². The van der Waals surface area contributed by atoms with Gasteiger partial charge in [-0.15, -0.1) is 11.8 Å². The van der Waals surface area contributed by atoms with E-state index in [0.29, 0.717) is 5.82 Å². The summed E-state index contributed by atoms with van der Waals surface area (Å²) in [5.74, 6) is 1.81. The van der Waals surface area contributed by atoms with E-state index < -0.39 is 0 Å². The average molecular weight is 171 g/mol. The van der Waals surface area contributed by atoms with Gasteiger partial charge in [0.25, 0.3) is 0 Å². The summed E-state index contributed by atoms with van der Waals surface area (Å²) < 4.78 is 0. The van der Waals surface area contributed by atoms with E-state index in [-0.39, 0.29) is 0 Å². The molecule has 1 heterocycles. The van der Waals surface area contributed by atoms with Gasteiger partial charge in [-0.2, -0.15) is 5.10 Å². The molecule has 0 aliphatic rings. The van der Waals surface area contributed by atoms with Gasteiger partial charge >= 0.3 is 0 Å². The van der Waals surface area contributed by atoms with Gasteiger partial charge in [0.1, 0.15) is 5.82 Å². The van der Waals surface area contributed by atoms with Gasteiger partial charge in [-0.1, -0.05) is 13.3 Å². The Morgan fingerprint density at radius 3 is 3.09 bits per heavy atom. The van der Waals surface area contributed by atoms with Crippen molar-refractivity contribution in [3.05, 3.63) is 6.20 Å². The molecular weight excluding hydrogens is 158 g/mol. The normalized spacial score (nSPS) is 10.3. The Morgan fingerprint density at radius 1 is 1.73 bits per heavy atom. The van der Waals surface area contributed by atoms with Crippen LogP contribution in [0.25, 0.3) is 0 Å². The summed E-state index contributed by atoms with van der Waals surface area (Å²) >= 11 is 1.76. The number of hydrogen-bond acceptors (Lipinski definition) is 3. The largest absolute Gasteiger partial charge is 0.383 e. The highest BCUT2D eigenvalue weighted by molar-refractivity contribution is 7.99. The van der Waals surface area contributed by atoms with Gasteiger partial charge in [0, 0.05) is 0 Å². The van der Waals surface area contributed by atoms with Crippen LogP contribution >= 0.6 is 11.8 Å². The molecule has 0 fully saturated rings. The van der Waals surface area contributed by atoms with Crippen LogP contribution in [-0.2, 0) is 0 Å². The minimum Gasteiger partial charge on any atom is -0.383 e. The molecule has 0 amide bonds. The minimum absolute atomic E-state index is 0.686. The van der Waals surface area contributed by atoms with Gasteiger partial charge in [-0.25, -0.2) is 0 Å². The standard InChI is InChI=1S/C7H13N3S/c1-2-3-4-11-6-5-9-10-7(6)8/h5H,2-4H2,1H3,(H3,8,9,10). The summed E-state index contributed by atoms with van der Waals surface area (Å²) in [4.78, 5) is 1.07. The summed E-state index contributed by atoms with van der Waals surface area (Å²) in [6, 6.07) is 0. The summed E-state index contributed by atoms with van der Waals surface area (Å²) in [6.45, 7) is 2.18.